The van der Waals surface area contributed by atoms with Gasteiger partial charge >= 0.3 is 5.97 Å². The predicted molar refractivity (Wildman–Crippen MR) is 81.2 cm³/mol. The average Bonchev–Trinajstić information content (AvgIpc) is 2.82. The molecule has 2 rings (SSSR count). The summed E-state index contributed by atoms with van der Waals surface area (Å²) in [4.78, 5) is 23.3. The number of hydrogen-bond acceptors (Lipinski definition) is 2. The zero-order chi connectivity index (χ0) is 15.6. The van der Waals surface area contributed by atoms with Gasteiger partial charge in [-0.05, 0) is 37.6 Å². The molecule has 1 aromatic heterocycles. The van der Waals surface area contributed by atoms with Crippen LogP contribution in [0.5, 0.6) is 0 Å². The molecule has 0 aliphatic heterocycles. The topological polar surface area (TPSA) is 71.3 Å². The van der Waals surface area contributed by atoms with E-state index in [1.165, 1.54) is 6.07 Å². The fourth-order valence-electron chi connectivity index (χ4n) is 2.05. The number of rotatable bonds is 4. The molecule has 0 bridgehead atoms. The van der Waals surface area contributed by atoms with Crippen molar-refractivity contribution in [2.45, 2.75) is 20.4 Å². The third kappa shape index (κ3) is 3.25. The van der Waals surface area contributed by atoms with Crippen LogP contribution in [0.25, 0.3) is 0 Å². The molecule has 110 valence electrons. The Morgan fingerprint density at radius 3 is 2.67 bits per heavy atom. The highest BCUT2D eigenvalue weighted by molar-refractivity contribution is 6.31. The number of carbonyl (C=O) groups excluding carboxylic acids is 1. The maximum atomic E-state index is 12.2. The monoisotopic (exact) mass is 306 g/mol. The largest absolute Gasteiger partial charge is 0.478 e. The lowest BCUT2D eigenvalue weighted by molar-refractivity contribution is 0.0695. The van der Waals surface area contributed by atoms with Crippen LogP contribution in [0.15, 0.2) is 30.5 Å². The van der Waals surface area contributed by atoms with Crippen molar-refractivity contribution in [3.05, 3.63) is 52.3 Å². The van der Waals surface area contributed by atoms with Gasteiger partial charge in [0.15, 0.2) is 0 Å². The van der Waals surface area contributed by atoms with Gasteiger partial charge in [0.2, 0.25) is 0 Å². The summed E-state index contributed by atoms with van der Waals surface area (Å²) in [5, 5.41) is 12.3. The van der Waals surface area contributed by atoms with Gasteiger partial charge in [0.1, 0.15) is 5.69 Å². The van der Waals surface area contributed by atoms with Gasteiger partial charge < -0.3 is 15.0 Å². The Balaban J connectivity index is 2.27. The Labute approximate surface area is 127 Å². The summed E-state index contributed by atoms with van der Waals surface area (Å²) in [5.74, 6) is -1.35. The molecule has 1 aromatic carbocycles. The summed E-state index contributed by atoms with van der Waals surface area (Å²) in [5.41, 5.74) is 1.67. The van der Waals surface area contributed by atoms with Crippen LogP contribution in [-0.4, -0.2) is 21.6 Å². The zero-order valence-corrected chi connectivity index (χ0v) is 12.4. The van der Waals surface area contributed by atoms with Crippen LogP contribution in [0.4, 0.5) is 5.69 Å². The van der Waals surface area contributed by atoms with E-state index in [4.69, 9.17) is 16.7 Å². The van der Waals surface area contributed by atoms with Gasteiger partial charge in [0, 0.05) is 18.4 Å². The summed E-state index contributed by atoms with van der Waals surface area (Å²) in [6.45, 7) is 4.22. The molecule has 0 unspecified atom stereocenters. The molecule has 21 heavy (non-hydrogen) atoms. The van der Waals surface area contributed by atoms with Crippen LogP contribution >= 0.6 is 11.6 Å². The van der Waals surface area contributed by atoms with E-state index in [1.54, 1.807) is 35.9 Å². The number of nitrogens with one attached hydrogen (secondary N) is 1. The Bertz CT molecular complexity index is 707. The Hall–Kier alpha value is -2.27. The standard InChI is InChI=1S/C15H15ClN2O3/c1-3-18-8-10(16)6-13(18)14(19)17-11-5-4-9(2)12(7-11)15(20)21/h4-8H,3H2,1-2H3,(H,17,19)(H,20,21). The van der Waals surface area contributed by atoms with Gasteiger partial charge in [-0.15, -0.1) is 0 Å². The van der Waals surface area contributed by atoms with E-state index in [2.05, 4.69) is 5.32 Å². The summed E-state index contributed by atoms with van der Waals surface area (Å²) >= 11 is 5.90. The number of carbonyl (C=O) groups is 2. The Morgan fingerprint density at radius 2 is 2.05 bits per heavy atom. The van der Waals surface area contributed by atoms with Crippen LogP contribution in [0.2, 0.25) is 5.02 Å². The van der Waals surface area contributed by atoms with Crippen LogP contribution < -0.4 is 5.32 Å². The van der Waals surface area contributed by atoms with Crippen molar-refractivity contribution in [1.82, 2.24) is 4.57 Å². The van der Waals surface area contributed by atoms with E-state index >= 15 is 0 Å². The molecular formula is C15H15ClN2O3. The van der Waals surface area contributed by atoms with E-state index < -0.39 is 5.97 Å². The molecule has 0 saturated heterocycles. The molecule has 2 aromatic rings. The highest BCUT2D eigenvalue weighted by atomic mass is 35.5. The summed E-state index contributed by atoms with van der Waals surface area (Å²) in [7, 11) is 0. The second kappa shape index (κ2) is 6.01. The summed E-state index contributed by atoms with van der Waals surface area (Å²) in [6.07, 6.45) is 1.67. The third-order valence-corrected chi connectivity index (χ3v) is 3.37. The van der Waals surface area contributed by atoms with Crippen molar-refractivity contribution in [3.63, 3.8) is 0 Å². The maximum absolute atomic E-state index is 12.2. The number of halogens is 1. The number of aromatic carboxylic acids is 1. The van der Waals surface area contributed by atoms with Gasteiger partial charge in [-0.1, -0.05) is 17.7 Å². The van der Waals surface area contributed by atoms with Gasteiger partial charge in [-0.3, -0.25) is 4.79 Å². The minimum Gasteiger partial charge on any atom is -0.478 e. The van der Waals surface area contributed by atoms with Gasteiger partial charge in [-0.2, -0.15) is 0 Å². The second-order valence-corrected chi connectivity index (χ2v) is 5.05. The normalized spacial score (nSPS) is 10.4. The molecule has 0 saturated carbocycles. The van der Waals surface area contributed by atoms with Crippen LogP contribution in [0, 0.1) is 6.92 Å². The third-order valence-electron chi connectivity index (χ3n) is 3.16. The van der Waals surface area contributed by atoms with E-state index in [-0.39, 0.29) is 11.5 Å². The molecule has 0 aliphatic rings. The smallest absolute Gasteiger partial charge is 0.336 e. The number of carboxylic acid groups (broad SMARTS) is 1. The first kappa shape index (κ1) is 15.1. The SMILES string of the molecule is CCn1cc(Cl)cc1C(=O)Nc1ccc(C)c(C(=O)O)c1. The quantitative estimate of drug-likeness (QED) is 0.909. The van der Waals surface area contributed by atoms with Crippen molar-refractivity contribution in [3.8, 4) is 0 Å². The molecule has 2 N–H and O–H groups in total. The maximum Gasteiger partial charge on any atom is 0.336 e. The summed E-state index contributed by atoms with van der Waals surface area (Å²) < 4.78 is 1.73. The average molecular weight is 307 g/mol. The van der Waals surface area contributed by atoms with Gasteiger partial charge in [0.05, 0.1) is 10.6 Å². The van der Waals surface area contributed by atoms with Crippen molar-refractivity contribution < 1.29 is 14.7 Å². The van der Waals surface area contributed by atoms with E-state index in [0.717, 1.165) is 0 Å². The first-order valence-electron chi connectivity index (χ1n) is 6.43. The fraction of sp³-hybridized carbons (Fsp3) is 0.200. The number of aryl methyl sites for hydroxylation is 2. The highest BCUT2D eigenvalue weighted by Crippen LogP contribution is 2.18. The lowest BCUT2D eigenvalue weighted by Crippen LogP contribution is -2.16. The zero-order valence-electron chi connectivity index (χ0n) is 11.7. The molecular weight excluding hydrogens is 292 g/mol. The van der Waals surface area contributed by atoms with Crippen LogP contribution in [0.3, 0.4) is 0 Å². The lowest BCUT2D eigenvalue weighted by atomic mass is 10.1. The molecule has 1 amide bonds. The fourth-order valence-corrected chi connectivity index (χ4v) is 2.27. The highest BCUT2D eigenvalue weighted by Gasteiger charge is 2.14. The molecule has 0 fully saturated rings. The second-order valence-electron chi connectivity index (χ2n) is 4.62. The first-order chi connectivity index (χ1) is 9.92. The van der Waals surface area contributed by atoms with Gasteiger partial charge in [-0.25, -0.2) is 4.79 Å². The molecule has 0 aliphatic carbocycles. The minimum atomic E-state index is -1.02. The molecule has 1 heterocycles. The van der Waals surface area contributed by atoms with Crippen LogP contribution in [0.1, 0.15) is 33.3 Å². The van der Waals surface area contributed by atoms with E-state index in [0.29, 0.717) is 28.5 Å². The van der Waals surface area contributed by atoms with Gasteiger partial charge in [0.25, 0.3) is 5.91 Å². The number of carboxylic acids is 1. The van der Waals surface area contributed by atoms with E-state index in [9.17, 15) is 9.59 Å². The number of nitrogens with zero attached hydrogens (tertiary/aromatic N) is 1. The first-order valence-corrected chi connectivity index (χ1v) is 6.81. The van der Waals surface area contributed by atoms with Crippen molar-refractivity contribution in [2.75, 3.05) is 5.32 Å². The predicted octanol–water partition coefficient (Wildman–Crippen LogP) is 3.42. The molecule has 6 heteroatoms. The number of anilines is 1. The van der Waals surface area contributed by atoms with Crippen molar-refractivity contribution >= 4 is 29.2 Å². The number of benzene rings is 1. The molecule has 0 radical (unpaired) electrons. The Morgan fingerprint density at radius 1 is 1.33 bits per heavy atom. The number of amides is 1. The van der Waals surface area contributed by atoms with Crippen molar-refractivity contribution in [2.24, 2.45) is 0 Å². The van der Waals surface area contributed by atoms with Crippen LogP contribution in [-0.2, 0) is 6.54 Å². The number of aromatic nitrogens is 1. The minimum absolute atomic E-state index is 0.164. The molecule has 0 atom stereocenters. The summed E-state index contributed by atoms with van der Waals surface area (Å²) in [6, 6.07) is 6.34. The van der Waals surface area contributed by atoms with Crippen molar-refractivity contribution in [1.29, 1.82) is 0 Å². The Kier molecular flexibility index (Phi) is 4.33. The molecule has 0 spiro atoms. The lowest BCUT2D eigenvalue weighted by Gasteiger charge is -2.09. The van der Waals surface area contributed by atoms with E-state index in [1.807, 2.05) is 6.92 Å². The molecule has 5 nitrogen and oxygen atoms in total. The number of hydrogen-bond donors (Lipinski definition) is 2.